The van der Waals surface area contributed by atoms with Crippen LogP contribution in [0, 0.1) is 13.8 Å². The quantitative estimate of drug-likeness (QED) is 0.439. The Hall–Kier alpha value is -4.19. The van der Waals surface area contributed by atoms with Gasteiger partial charge in [-0.05, 0) is 66.2 Å². The van der Waals surface area contributed by atoms with Crippen molar-refractivity contribution < 1.29 is 9.53 Å². The van der Waals surface area contributed by atoms with Crippen molar-refractivity contribution >= 4 is 22.8 Å². The van der Waals surface area contributed by atoms with Crippen molar-refractivity contribution in [1.29, 1.82) is 0 Å². The van der Waals surface area contributed by atoms with E-state index < -0.39 is 0 Å². The van der Waals surface area contributed by atoms with Gasteiger partial charge in [-0.15, -0.1) is 0 Å². The Morgan fingerprint density at radius 1 is 0.947 bits per heavy atom. The number of nitrogens with zero attached hydrogens (tertiary/aromatic N) is 4. The van der Waals surface area contributed by atoms with Crippen molar-refractivity contribution in [2.45, 2.75) is 26.7 Å². The number of aryl methyl sites for hydroxylation is 2. The van der Waals surface area contributed by atoms with E-state index in [0.717, 1.165) is 41.9 Å². The van der Waals surface area contributed by atoms with E-state index in [9.17, 15) is 4.79 Å². The minimum absolute atomic E-state index is 0.136. The lowest BCUT2D eigenvalue weighted by Gasteiger charge is -2.31. The van der Waals surface area contributed by atoms with Gasteiger partial charge in [-0.3, -0.25) is 4.79 Å². The molecule has 3 heterocycles. The number of allylic oxidation sites excluding steroid dienone is 2. The van der Waals surface area contributed by atoms with Crippen LogP contribution in [0.2, 0.25) is 0 Å². The predicted octanol–water partition coefficient (Wildman–Crippen LogP) is 5.55. The summed E-state index contributed by atoms with van der Waals surface area (Å²) in [6.45, 7) is 6.67. The third kappa shape index (κ3) is 5.70. The molecule has 1 aromatic heterocycles. The second kappa shape index (κ2) is 11.5. The van der Waals surface area contributed by atoms with Gasteiger partial charge in [0.1, 0.15) is 6.33 Å². The van der Waals surface area contributed by atoms with Crippen LogP contribution in [0.3, 0.4) is 0 Å². The molecule has 0 saturated carbocycles. The van der Waals surface area contributed by atoms with Gasteiger partial charge in [-0.2, -0.15) is 0 Å². The first-order valence-corrected chi connectivity index (χ1v) is 13.1. The highest BCUT2D eigenvalue weighted by atomic mass is 16.5. The summed E-state index contributed by atoms with van der Waals surface area (Å²) in [6, 6.07) is 18.9. The van der Waals surface area contributed by atoms with Crippen molar-refractivity contribution in [2.75, 3.05) is 33.3 Å². The maximum Gasteiger partial charge on any atom is 0.242 e. The molecule has 3 aromatic rings. The average Bonchev–Trinajstić information content (AvgIpc) is 3.17. The Morgan fingerprint density at radius 3 is 2.53 bits per heavy atom. The van der Waals surface area contributed by atoms with Crippen LogP contribution in [-0.4, -0.2) is 59.0 Å². The van der Waals surface area contributed by atoms with Crippen LogP contribution >= 0.6 is 0 Å². The smallest absolute Gasteiger partial charge is 0.242 e. The molecule has 194 valence electrons. The van der Waals surface area contributed by atoms with Crippen LogP contribution in [0.5, 0.6) is 5.88 Å². The highest BCUT2D eigenvalue weighted by Gasteiger charge is 2.24. The van der Waals surface area contributed by atoms with Gasteiger partial charge < -0.3 is 14.5 Å². The Bertz CT molecular complexity index is 1410. The average molecular weight is 507 g/mol. The summed E-state index contributed by atoms with van der Waals surface area (Å²) in [5.41, 5.74) is 9.18. The third-order valence-corrected chi connectivity index (χ3v) is 7.37. The summed E-state index contributed by atoms with van der Waals surface area (Å²) in [5.74, 6) is 0.682. The standard InChI is InChI=1S/C32H34N4O2/c1-23-11-12-28(18-24(23)2)27-10-7-15-36(30(19-27)26-8-5-4-6-9-26)21-32(37)35-16-13-25(14-17-35)29-20-31(38-3)34-22-33-29/h4-6,8-13,18-20,22H,7,14-17,21H2,1-3H3. The molecule has 2 aliphatic rings. The number of benzene rings is 2. The van der Waals surface area contributed by atoms with Crippen molar-refractivity contribution in [3.05, 3.63) is 107 Å². The van der Waals surface area contributed by atoms with E-state index in [-0.39, 0.29) is 5.91 Å². The molecular weight excluding hydrogens is 472 g/mol. The van der Waals surface area contributed by atoms with Crippen molar-refractivity contribution in [1.82, 2.24) is 19.8 Å². The van der Waals surface area contributed by atoms with Gasteiger partial charge >= 0.3 is 0 Å². The van der Waals surface area contributed by atoms with Gasteiger partial charge in [0.05, 0.1) is 19.3 Å². The largest absolute Gasteiger partial charge is 0.481 e. The number of hydrogen-bond acceptors (Lipinski definition) is 5. The fourth-order valence-electron chi connectivity index (χ4n) is 4.97. The summed E-state index contributed by atoms with van der Waals surface area (Å²) in [6.07, 6.45) is 9.79. The van der Waals surface area contributed by atoms with Crippen LogP contribution in [0.1, 0.15) is 40.8 Å². The van der Waals surface area contributed by atoms with E-state index in [1.165, 1.54) is 28.6 Å². The van der Waals surface area contributed by atoms with Crippen LogP contribution in [0.25, 0.3) is 16.8 Å². The third-order valence-electron chi connectivity index (χ3n) is 7.37. The van der Waals surface area contributed by atoms with Crippen LogP contribution in [-0.2, 0) is 4.79 Å². The summed E-state index contributed by atoms with van der Waals surface area (Å²) in [5, 5.41) is 0. The number of rotatable bonds is 6. The maximum atomic E-state index is 13.5. The molecule has 0 atom stereocenters. The number of hydrogen-bond donors (Lipinski definition) is 0. The molecule has 0 N–H and O–H groups in total. The van der Waals surface area contributed by atoms with Gasteiger partial charge in [0, 0.05) is 31.4 Å². The van der Waals surface area contributed by atoms with Crippen molar-refractivity contribution in [2.24, 2.45) is 0 Å². The summed E-state index contributed by atoms with van der Waals surface area (Å²) < 4.78 is 5.24. The number of carbonyl (C=O) groups is 1. The first-order chi connectivity index (χ1) is 18.5. The van der Waals surface area contributed by atoms with Gasteiger partial charge in [-0.1, -0.05) is 60.7 Å². The van der Waals surface area contributed by atoms with Crippen molar-refractivity contribution in [3.8, 4) is 5.88 Å². The fourth-order valence-corrected chi connectivity index (χ4v) is 4.97. The Kier molecular flexibility index (Phi) is 7.68. The summed E-state index contributed by atoms with van der Waals surface area (Å²) in [7, 11) is 1.60. The molecule has 0 fully saturated rings. The molecule has 6 nitrogen and oxygen atoms in total. The molecule has 0 unspecified atom stereocenters. The number of aromatic nitrogens is 2. The summed E-state index contributed by atoms with van der Waals surface area (Å²) in [4.78, 5) is 26.1. The molecule has 2 aliphatic heterocycles. The predicted molar refractivity (Wildman–Crippen MR) is 152 cm³/mol. The fraction of sp³-hybridized carbons (Fsp3) is 0.281. The molecule has 2 aromatic carbocycles. The normalized spacial score (nSPS) is 15.8. The zero-order valence-corrected chi connectivity index (χ0v) is 22.4. The lowest BCUT2D eigenvalue weighted by Crippen LogP contribution is -2.41. The first-order valence-electron chi connectivity index (χ1n) is 13.1. The van der Waals surface area contributed by atoms with Crippen molar-refractivity contribution in [3.63, 3.8) is 0 Å². The van der Waals surface area contributed by atoms with Crippen LogP contribution in [0.15, 0.2) is 79.2 Å². The minimum Gasteiger partial charge on any atom is -0.481 e. The van der Waals surface area contributed by atoms with E-state index in [4.69, 9.17) is 4.74 Å². The van der Waals surface area contributed by atoms with Crippen LogP contribution in [0.4, 0.5) is 0 Å². The van der Waals surface area contributed by atoms with E-state index in [0.29, 0.717) is 25.5 Å². The molecule has 6 heteroatoms. The minimum atomic E-state index is 0.136. The Balaban J connectivity index is 1.35. The van der Waals surface area contributed by atoms with E-state index in [1.54, 1.807) is 7.11 Å². The molecule has 5 rings (SSSR count). The molecule has 0 radical (unpaired) electrons. The van der Waals surface area contributed by atoms with Gasteiger partial charge in [0.15, 0.2) is 0 Å². The first kappa shape index (κ1) is 25.5. The molecule has 38 heavy (non-hydrogen) atoms. The topological polar surface area (TPSA) is 58.6 Å². The number of methoxy groups -OCH3 is 1. The Labute approximate surface area is 225 Å². The summed E-state index contributed by atoms with van der Waals surface area (Å²) >= 11 is 0. The van der Waals surface area contributed by atoms with Gasteiger partial charge in [-0.25, -0.2) is 9.97 Å². The lowest BCUT2D eigenvalue weighted by molar-refractivity contribution is -0.131. The van der Waals surface area contributed by atoms with Gasteiger partial charge in [0.25, 0.3) is 0 Å². The maximum absolute atomic E-state index is 13.5. The number of ether oxygens (including phenoxy) is 1. The van der Waals surface area contributed by atoms with E-state index >= 15 is 0 Å². The second-order valence-electron chi connectivity index (χ2n) is 9.83. The SMILES string of the molecule is COc1cc(C2=CCN(C(=O)CN3CCC=C(c4ccc(C)c(C)c4)C=C3c3ccccc3)CC2)ncn1. The molecule has 0 spiro atoms. The Morgan fingerprint density at radius 2 is 1.79 bits per heavy atom. The molecule has 0 saturated heterocycles. The highest BCUT2D eigenvalue weighted by Crippen LogP contribution is 2.30. The monoisotopic (exact) mass is 506 g/mol. The van der Waals surface area contributed by atoms with E-state index in [2.05, 4.69) is 89.4 Å². The lowest BCUT2D eigenvalue weighted by atomic mass is 9.98. The number of carbonyl (C=O) groups excluding carboxylic acids is 1. The molecule has 1 amide bonds. The zero-order valence-electron chi connectivity index (χ0n) is 22.4. The second-order valence-corrected chi connectivity index (χ2v) is 9.83. The molecule has 0 bridgehead atoms. The zero-order chi connectivity index (χ0) is 26.5. The molecule has 0 aliphatic carbocycles. The number of amides is 1. The van der Waals surface area contributed by atoms with Gasteiger partial charge in [0.2, 0.25) is 11.8 Å². The molecular formula is C32H34N4O2. The van der Waals surface area contributed by atoms with Crippen LogP contribution < -0.4 is 4.74 Å². The van der Waals surface area contributed by atoms with E-state index in [1.807, 2.05) is 17.0 Å². The highest BCUT2D eigenvalue weighted by molar-refractivity contribution is 5.87.